The Morgan fingerprint density at radius 1 is 1.19 bits per heavy atom. The molecular weight excluding hydrogens is 472 g/mol. The number of hydrogen-bond acceptors (Lipinski definition) is 4. The minimum absolute atomic E-state index is 0.0123. The van der Waals surface area contributed by atoms with Gasteiger partial charge < -0.3 is 5.32 Å². The Morgan fingerprint density at radius 3 is 2.62 bits per heavy atom. The van der Waals surface area contributed by atoms with Gasteiger partial charge in [-0.05, 0) is 24.3 Å². The minimum Gasteiger partial charge on any atom is -0.324 e. The fraction of sp³-hybridized carbons (Fsp3) is 0.200. The second-order valence-electron chi connectivity index (χ2n) is 7.05. The lowest BCUT2D eigenvalue weighted by Gasteiger charge is -2.31. The van der Waals surface area contributed by atoms with Crippen LogP contribution in [-0.4, -0.2) is 33.6 Å². The number of carbonyl (C=O) groups excluding carboxylic acids is 2. The van der Waals surface area contributed by atoms with Crippen LogP contribution in [0.3, 0.4) is 0 Å². The molecule has 3 aromatic rings. The van der Waals surface area contributed by atoms with Crippen LogP contribution in [0.2, 0.25) is 10.0 Å². The van der Waals surface area contributed by atoms with E-state index in [1.54, 1.807) is 0 Å². The molecule has 1 aliphatic rings. The lowest BCUT2D eigenvalue weighted by Crippen LogP contribution is -2.51. The van der Waals surface area contributed by atoms with Gasteiger partial charge in [0.1, 0.15) is 12.6 Å². The summed E-state index contributed by atoms with van der Waals surface area (Å²) in [5.41, 5.74) is -0.625. The second kappa shape index (κ2) is 8.10. The van der Waals surface area contributed by atoms with Gasteiger partial charge in [-0.3, -0.25) is 23.9 Å². The first-order chi connectivity index (χ1) is 15.1. The average Bonchev–Trinajstić information content (AvgIpc) is 2.86. The van der Waals surface area contributed by atoms with Crippen molar-refractivity contribution in [3.63, 3.8) is 0 Å². The second-order valence-corrected chi connectivity index (χ2v) is 7.90. The van der Waals surface area contributed by atoms with Crippen molar-refractivity contribution >= 4 is 57.3 Å². The van der Waals surface area contributed by atoms with Crippen molar-refractivity contribution in [2.24, 2.45) is 0 Å². The van der Waals surface area contributed by atoms with Crippen LogP contribution in [0.15, 0.2) is 47.5 Å². The predicted octanol–water partition coefficient (Wildman–Crippen LogP) is 4.01. The number of nitrogens with one attached hydrogen (secondary N) is 1. The molecule has 0 bridgehead atoms. The Kier molecular flexibility index (Phi) is 5.59. The van der Waals surface area contributed by atoms with Crippen molar-refractivity contribution in [1.29, 1.82) is 0 Å². The zero-order chi connectivity index (χ0) is 23.2. The highest BCUT2D eigenvalue weighted by molar-refractivity contribution is 6.38. The molecule has 7 nitrogen and oxygen atoms in total. The zero-order valence-electron chi connectivity index (χ0n) is 16.0. The monoisotopic (exact) mass is 484 g/mol. The van der Waals surface area contributed by atoms with Gasteiger partial charge >= 0.3 is 6.18 Å². The molecule has 0 aliphatic carbocycles. The van der Waals surface area contributed by atoms with E-state index in [1.807, 2.05) is 0 Å². The Bertz CT molecular complexity index is 1310. The summed E-state index contributed by atoms with van der Waals surface area (Å²) in [6.45, 7) is -0.749. The van der Waals surface area contributed by atoms with Gasteiger partial charge in [-0.2, -0.15) is 13.2 Å². The molecule has 0 saturated heterocycles. The molecule has 1 N–H and O–H groups in total. The third-order valence-corrected chi connectivity index (χ3v) is 5.43. The van der Waals surface area contributed by atoms with Crippen molar-refractivity contribution in [1.82, 2.24) is 9.55 Å². The third kappa shape index (κ3) is 4.03. The molecule has 0 radical (unpaired) electrons. The molecule has 0 spiro atoms. The first-order valence-corrected chi connectivity index (χ1v) is 9.93. The van der Waals surface area contributed by atoms with Crippen LogP contribution in [0.5, 0.6) is 0 Å². The van der Waals surface area contributed by atoms with E-state index in [4.69, 9.17) is 23.2 Å². The van der Waals surface area contributed by atoms with E-state index in [9.17, 15) is 27.6 Å². The maximum absolute atomic E-state index is 13.8. The van der Waals surface area contributed by atoms with E-state index in [1.165, 1.54) is 36.4 Å². The summed E-state index contributed by atoms with van der Waals surface area (Å²) in [7, 11) is 0. The summed E-state index contributed by atoms with van der Waals surface area (Å²) in [5.74, 6) is -1.93. The number of benzene rings is 2. The van der Waals surface area contributed by atoms with E-state index in [0.717, 1.165) is 10.9 Å². The molecule has 166 valence electrons. The maximum Gasteiger partial charge on any atom is 0.409 e. The highest BCUT2D eigenvalue weighted by atomic mass is 35.5. The minimum atomic E-state index is -4.89. The normalized spacial score (nSPS) is 16.5. The van der Waals surface area contributed by atoms with Gasteiger partial charge in [0.05, 0.1) is 40.0 Å². The van der Waals surface area contributed by atoms with Crippen LogP contribution in [0.1, 0.15) is 6.42 Å². The van der Waals surface area contributed by atoms with Gasteiger partial charge in [-0.25, -0.2) is 4.98 Å². The van der Waals surface area contributed by atoms with E-state index in [0.29, 0.717) is 4.90 Å². The molecule has 1 unspecified atom stereocenters. The first kappa shape index (κ1) is 22.1. The number of aromatic nitrogens is 2. The number of anilines is 2. The summed E-state index contributed by atoms with van der Waals surface area (Å²) < 4.78 is 42.4. The molecular formula is C20H13Cl2F3N4O3. The number of fused-ring (bicyclic) bond motifs is 2. The van der Waals surface area contributed by atoms with Crippen LogP contribution < -0.4 is 15.8 Å². The smallest absolute Gasteiger partial charge is 0.324 e. The largest absolute Gasteiger partial charge is 0.409 e. The SMILES string of the molecule is O=C1CC(C(F)(F)F)N(C(=O)Cn2cnc3c(Cl)cc(Cl)cc3c2=O)c2ccccc2N1. The molecule has 2 aromatic carbocycles. The fourth-order valence-corrected chi connectivity index (χ4v) is 4.07. The predicted molar refractivity (Wildman–Crippen MR) is 113 cm³/mol. The molecule has 12 heteroatoms. The van der Waals surface area contributed by atoms with E-state index < -0.39 is 42.6 Å². The number of rotatable bonds is 2. The fourth-order valence-electron chi connectivity index (χ4n) is 3.53. The number of amides is 2. The van der Waals surface area contributed by atoms with Crippen LogP contribution in [-0.2, 0) is 16.1 Å². The van der Waals surface area contributed by atoms with Gasteiger partial charge in [0.25, 0.3) is 5.56 Å². The standard InChI is InChI=1S/C20H13Cl2F3N4O3/c21-10-5-11-18(12(22)6-10)26-9-28(19(11)32)8-17(31)29-14-4-2-1-3-13(14)27-16(30)7-15(29)20(23,24)25/h1-6,9,15H,7-8H2,(H,27,30). The summed E-state index contributed by atoms with van der Waals surface area (Å²) >= 11 is 12.0. The molecule has 1 atom stereocenters. The number of alkyl halides is 3. The third-order valence-electron chi connectivity index (χ3n) is 4.93. The maximum atomic E-state index is 13.8. The number of hydrogen-bond donors (Lipinski definition) is 1. The van der Waals surface area contributed by atoms with Gasteiger partial charge in [0.15, 0.2) is 0 Å². The Hall–Kier alpha value is -3.11. The van der Waals surface area contributed by atoms with Gasteiger partial charge in [0.2, 0.25) is 11.8 Å². The molecule has 1 aliphatic heterocycles. The van der Waals surface area contributed by atoms with Gasteiger partial charge in [-0.15, -0.1) is 0 Å². The van der Waals surface area contributed by atoms with Crippen LogP contribution in [0.4, 0.5) is 24.5 Å². The number of halogens is 5. The van der Waals surface area contributed by atoms with Crippen molar-refractivity contribution in [2.75, 3.05) is 10.2 Å². The highest BCUT2D eigenvalue weighted by Crippen LogP contribution is 2.37. The molecule has 2 heterocycles. The zero-order valence-corrected chi connectivity index (χ0v) is 17.5. The first-order valence-electron chi connectivity index (χ1n) is 9.18. The van der Waals surface area contributed by atoms with Crippen molar-refractivity contribution < 1.29 is 22.8 Å². The molecule has 32 heavy (non-hydrogen) atoms. The lowest BCUT2D eigenvalue weighted by molar-refractivity contribution is -0.158. The van der Waals surface area contributed by atoms with E-state index in [2.05, 4.69) is 10.3 Å². The Labute approximate surface area is 188 Å². The summed E-state index contributed by atoms with van der Waals surface area (Å²) in [6, 6.07) is 5.92. The van der Waals surface area contributed by atoms with Crippen LogP contribution in [0.25, 0.3) is 10.9 Å². The number of carbonyl (C=O) groups is 2. The molecule has 4 rings (SSSR count). The molecule has 2 amide bonds. The lowest BCUT2D eigenvalue weighted by atomic mass is 10.1. The highest BCUT2D eigenvalue weighted by Gasteiger charge is 2.49. The van der Waals surface area contributed by atoms with Crippen LogP contribution in [0, 0.1) is 0 Å². The Morgan fingerprint density at radius 2 is 1.91 bits per heavy atom. The van der Waals surface area contributed by atoms with Crippen molar-refractivity contribution in [2.45, 2.75) is 25.2 Å². The quantitative estimate of drug-likeness (QED) is 0.595. The summed E-state index contributed by atoms with van der Waals surface area (Å²) in [5, 5.41) is 2.67. The topological polar surface area (TPSA) is 84.3 Å². The van der Waals surface area contributed by atoms with Crippen molar-refractivity contribution in [3.05, 3.63) is 63.1 Å². The Balaban J connectivity index is 1.79. The van der Waals surface area contributed by atoms with Gasteiger partial charge in [-0.1, -0.05) is 35.3 Å². The number of nitrogens with zero attached hydrogens (tertiary/aromatic N) is 3. The van der Waals surface area contributed by atoms with E-state index >= 15 is 0 Å². The van der Waals surface area contributed by atoms with E-state index in [-0.39, 0.29) is 32.3 Å². The van der Waals surface area contributed by atoms with Crippen molar-refractivity contribution in [3.8, 4) is 0 Å². The number of para-hydroxylation sites is 2. The van der Waals surface area contributed by atoms with Crippen LogP contribution >= 0.6 is 23.2 Å². The summed E-state index contributed by atoms with van der Waals surface area (Å²) in [4.78, 5) is 42.5. The summed E-state index contributed by atoms with van der Waals surface area (Å²) in [6.07, 6.45) is -4.85. The van der Waals surface area contributed by atoms with Gasteiger partial charge in [0, 0.05) is 5.02 Å². The average molecular weight is 485 g/mol. The molecule has 0 fully saturated rings. The molecule has 0 saturated carbocycles. The molecule has 1 aromatic heterocycles.